The third-order valence-electron chi connectivity index (χ3n) is 6.88. The molecule has 1 N–H and O–H groups in total. The molecule has 2 amide bonds. The molecule has 0 saturated heterocycles. The molecule has 0 bridgehead atoms. The second-order valence-corrected chi connectivity index (χ2v) is 12.3. The number of carbonyl (C=O) groups is 2. The summed E-state index contributed by atoms with van der Waals surface area (Å²) in [4.78, 5) is 28.4. The number of halogens is 2. The predicted molar refractivity (Wildman–Crippen MR) is 146 cm³/mol. The number of hydrogen-bond donors (Lipinski definition) is 1. The van der Waals surface area contributed by atoms with Gasteiger partial charge in [-0.25, -0.2) is 8.42 Å². The number of rotatable bonds is 10. The van der Waals surface area contributed by atoms with Crippen molar-refractivity contribution in [2.24, 2.45) is 0 Å². The maximum atomic E-state index is 13.8. The van der Waals surface area contributed by atoms with E-state index < -0.39 is 28.5 Å². The van der Waals surface area contributed by atoms with Crippen LogP contribution in [0.15, 0.2) is 36.4 Å². The highest BCUT2D eigenvalue weighted by molar-refractivity contribution is 7.92. The molecule has 206 valence electrons. The molecule has 1 fully saturated rings. The Labute approximate surface area is 233 Å². The smallest absolute Gasteiger partial charge is 0.244 e. The number of fused-ring (bicyclic) bond motifs is 1. The fourth-order valence-electron chi connectivity index (χ4n) is 4.59. The zero-order valence-electron chi connectivity index (χ0n) is 21.3. The van der Waals surface area contributed by atoms with Crippen molar-refractivity contribution in [2.45, 2.75) is 58.2 Å². The van der Waals surface area contributed by atoms with E-state index in [0.717, 1.165) is 30.0 Å². The van der Waals surface area contributed by atoms with E-state index in [4.69, 9.17) is 32.7 Å². The Bertz CT molecular complexity index is 1280. The first-order valence-corrected chi connectivity index (χ1v) is 14.9. The van der Waals surface area contributed by atoms with Crippen molar-refractivity contribution in [2.75, 3.05) is 23.4 Å². The van der Waals surface area contributed by atoms with Gasteiger partial charge in [-0.15, -0.1) is 0 Å². The van der Waals surface area contributed by atoms with Crippen LogP contribution in [0.4, 0.5) is 5.69 Å². The minimum absolute atomic E-state index is 0.0260. The number of nitrogens with zero attached hydrogens (tertiary/aromatic N) is 2. The number of hydrogen-bond acceptors (Lipinski definition) is 6. The predicted octanol–water partition coefficient (Wildman–Crippen LogP) is 4.35. The highest BCUT2D eigenvalue weighted by Crippen LogP contribution is 2.36. The van der Waals surface area contributed by atoms with Crippen LogP contribution < -0.4 is 19.1 Å². The van der Waals surface area contributed by atoms with E-state index in [0.29, 0.717) is 27.1 Å². The summed E-state index contributed by atoms with van der Waals surface area (Å²) in [5, 5.41) is 3.70. The van der Waals surface area contributed by atoms with Crippen molar-refractivity contribution < 1.29 is 27.5 Å². The lowest BCUT2D eigenvalue weighted by molar-refractivity contribution is -0.139. The summed E-state index contributed by atoms with van der Waals surface area (Å²) < 4.78 is 38.0. The summed E-state index contributed by atoms with van der Waals surface area (Å²) in [6.45, 7) is 2.54. The van der Waals surface area contributed by atoms with Crippen molar-refractivity contribution in [3.63, 3.8) is 0 Å². The van der Waals surface area contributed by atoms with Crippen molar-refractivity contribution in [3.05, 3.63) is 52.0 Å². The molecule has 1 aliphatic carbocycles. The summed E-state index contributed by atoms with van der Waals surface area (Å²) in [7, 11) is -3.88. The molecular weight excluding hydrogens is 553 g/mol. The molecule has 0 aromatic heterocycles. The van der Waals surface area contributed by atoms with Gasteiger partial charge in [0.1, 0.15) is 12.6 Å². The number of ether oxygens (including phenoxy) is 2. The van der Waals surface area contributed by atoms with E-state index >= 15 is 0 Å². The van der Waals surface area contributed by atoms with Crippen LogP contribution in [-0.2, 0) is 26.2 Å². The second-order valence-electron chi connectivity index (χ2n) is 9.33. The van der Waals surface area contributed by atoms with E-state index in [1.807, 2.05) is 0 Å². The summed E-state index contributed by atoms with van der Waals surface area (Å²) in [5.41, 5.74) is 0.723. The van der Waals surface area contributed by atoms with Crippen molar-refractivity contribution in [1.29, 1.82) is 0 Å². The van der Waals surface area contributed by atoms with Crippen LogP contribution in [0.2, 0.25) is 10.0 Å². The summed E-state index contributed by atoms with van der Waals surface area (Å²) in [6, 6.07) is 8.80. The zero-order chi connectivity index (χ0) is 27.4. The molecule has 1 saturated carbocycles. The van der Waals surface area contributed by atoms with Crippen molar-refractivity contribution >= 4 is 50.7 Å². The van der Waals surface area contributed by atoms with Gasteiger partial charge in [0.25, 0.3) is 0 Å². The van der Waals surface area contributed by atoms with Gasteiger partial charge in [-0.1, -0.05) is 42.1 Å². The van der Waals surface area contributed by atoms with E-state index in [-0.39, 0.29) is 36.7 Å². The Balaban J connectivity index is 1.65. The number of anilines is 1. The maximum absolute atomic E-state index is 13.8. The first-order chi connectivity index (χ1) is 18.1. The number of benzene rings is 2. The molecule has 0 radical (unpaired) electrons. The molecule has 4 rings (SSSR count). The number of nitrogens with one attached hydrogen (secondary N) is 1. The SMILES string of the molecule is CCS(=O)(=O)N(CC(=O)N(Cc1c(Cl)cccc1Cl)[C@H](C)C(=O)NC1CCCC1)c1ccc2c(c1)OCO2. The average Bonchev–Trinajstić information content (AvgIpc) is 3.58. The van der Waals surface area contributed by atoms with Crippen molar-refractivity contribution in [1.82, 2.24) is 10.2 Å². The molecular formula is C26H31Cl2N3O6S. The molecule has 0 spiro atoms. The van der Waals surface area contributed by atoms with Gasteiger partial charge in [0.05, 0.1) is 11.4 Å². The van der Waals surface area contributed by atoms with E-state index in [2.05, 4.69) is 5.32 Å². The van der Waals surface area contributed by atoms with Gasteiger partial charge in [-0.2, -0.15) is 0 Å². The van der Waals surface area contributed by atoms with Gasteiger partial charge >= 0.3 is 0 Å². The standard InChI is InChI=1S/C26H31Cl2N3O6S/c1-3-38(34,35)31(19-11-12-23-24(13-19)37-16-36-23)15-25(32)30(14-20-21(27)9-6-10-22(20)28)17(2)26(33)29-18-7-4-5-8-18/h6,9-13,17-18H,3-5,7-8,14-16H2,1-2H3,(H,29,33)/t17-/m1/s1. The molecule has 1 aliphatic heterocycles. The minimum Gasteiger partial charge on any atom is -0.454 e. The van der Waals surface area contributed by atoms with Gasteiger partial charge in [0.15, 0.2) is 11.5 Å². The third-order valence-corrected chi connectivity index (χ3v) is 9.33. The minimum atomic E-state index is -3.88. The van der Waals surface area contributed by atoms with Gasteiger partial charge in [-0.05, 0) is 51.0 Å². The third kappa shape index (κ3) is 6.30. The van der Waals surface area contributed by atoms with Crippen LogP contribution in [0.25, 0.3) is 0 Å². The summed E-state index contributed by atoms with van der Waals surface area (Å²) in [5.74, 6) is -0.259. The van der Waals surface area contributed by atoms with Crippen LogP contribution in [0, 0.1) is 0 Å². The Morgan fingerprint density at radius 2 is 1.74 bits per heavy atom. The molecule has 9 nitrogen and oxygen atoms in total. The Morgan fingerprint density at radius 3 is 2.39 bits per heavy atom. The molecule has 2 aliphatic rings. The normalized spacial score (nSPS) is 15.8. The molecule has 2 aromatic carbocycles. The first kappa shape index (κ1) is 28.3. The summed E-state index contributed by atoms with van der Waals surface area (Å²) in [6.07, 6.45) is 3.85. The molecule has 1 atom stereocenters. The van der Waals surface area contributed by atoms with E-state index in [1.54, 1.807) is 37.3 Å². The summed E-state index contributed by atoms with van der Waals surface area (Å²) >= 11 is 12.8. The number of amides is 2. The topological polar surface area (TPSA) is 105 Å². The Kier molecular flexibility index (Phi) is 8.95. The van der Waals surface area contributed by atoms with Crippen LogP contribution in [0.3, 0.4) is 0 Å². The fourth-order valence-corrected chi connectivity index (χ4v) is 6.16. The molecule has 2 aromatic rings. The fraction of sp³-hybridized carbons (Fsp3) is 0.462. The number of sulfonamides is 1. The van der Waals surface area contributed by atoms with Gasteiger partial charge < -0.3 is 19.7 Å². The Hall–Kier alpha value is -2.69. The lowest BCUT2D eigenvalue weighted by atomic mass is 10.1. The quantitative estimate of drug-likeness (QED) is 0.445. The van der Waals surface area contributed by atoms with Crippen LogP contribution in [-0.4, -0.2) is 56.3 Å². The van der Waals surface area contributed by atoms with E-state index in [1.165, 1.54) is 17.9 Å². The molecule has 38 heavy (non-hydrogen) atoms. The first-order valence-electron chi connectivity index (χ1n) is 12.5. The van der Waals surface area contributed by atoms with Gasteiger partial charge in [0, 0.05) is 34.3 Å². The van der Waals surface area contributed by atoms with E-state index in [9.17, 15) is 18.0 Å². The van der Waals surface area contributed by atoms with Crippen molar-refractivity contribution in [3.8, 4) is 11.5 Å². The highest BCUT2D eigenvalue weighted by Gasteiger charge is 2.33. The molecule has 1 heterocycles. The largest absolute Gasteiger partial charge is 0.454 e. The maximum Gasteiger partial charge on any atom is 0.244 e. The number of carbonyl (C=O) groups excluding carboxylic acids is 2. The van der Waals surface area contributed by atoms with Crippen LogP contribution in [0.5, 0.6) is 11.5 Å². The lowest BCUT2D eigenvalue weighted by Crippen LogP contribution is -2.52. The zero-order valence-corrected chi connectivity index (χ0v) is 23.6. The highest BCUT2D eigenvalue weighted by atomic mass is 35.5. The average molecular weight is 585 g/mol. The second kappa shape index (κ2) is 12.0. The lowest BCUT2D eigenvalue weighted by Gasteiger charge is -2.32. The monoisotopic (exact) mass is 583 g/mol. The molecule has 12 heteroatoms. The van der Waals surface area contributed by atoms with Crippen LogP contribution in [0.1, 0.15) is 45.1 Å². The molecule has 0 unspecified atom stereocenters. The Morgan fingerprint density at radius 1 is 1.08 bits per heavy atom. The van der Waals surface area contributed by atoms with Crippen LogP contribution >= 0.6 is 23.2 Å². The van der Waals surface area contributed by atoms with Gasteiger partial charge in [-0.3, -0.25) is 13.9 Å². The van der Waals surface area contributed by atoms with Gasteiger partial charge in [0.2, 0.25) is 28.6 Å².